The van der Waals surface area contributed by atoms with Crippen LogP contribution in [0.15, 0.2) is 36.5 Å². The molecule has 1 aromatic heterocycles. The molecule has 1 N–H and O–H groups in total. The van der Waals surface area contributed by atoms with Crippen LogP contribution in [0.4, 0.5) is 0 Å². The molecule has 17 heavy (non-hydrogen) atoms. The summed E-state index contributed by atoms with van der Waals surface area (Å²) in [6.07, 6.45) is 1.87. The fraction of sp³-hybridized carbons (Fsp3) is 0.214. The third kappa shape index (κ3) is 2.84. The van der Waals surface area contributed by atoms with E-state index in [2.05, 4.69) is 22.4 Å². The van der Waals surface area contributed by atoms with Gasteiger partial charge in [-0.3, -0.25) is 4.98 Å². The first-order valence-corrected chi connectivity index (χ1v) is 5.94. The summed E-state index contributed by atoms with van der Waals surface area (Å²) in [6, 6.07) is 10.2. The molecular weight excluding hydrogens is 232 g/mol. The van der Waals surface area contributed by atoms with Gasteiger partial charge in [-0.25, -0.2) is 0 Å². The predicted molar refractivity (Wildman–Crippen MR) is 72.2 cm³/mol. The van der Waals surface area contributed by atoms with Crippen molar-refractivity contribution < 1.29 is 0 Å². The Morgan fingerprint density at radius 1 is 1.18 bits per heavy atom. The van der Waals surface area contributed by atoms with Crippen LogP contribution in [0, 0.1) is 6.92 Å². The molecule has 2 nitrogen and oxygen atoms in total. The number of rotatable bonds is 3. The van der Waals surface area contributed by atoms with Crippen LogP contribution in [0.2, 0.25) is 5.02 Å². The van der Waals surface area contributed by atoms with Gasteiger partial charge in [0.25, 0.3) is 0 Å². The van der Waals surface area contributed by atoms with E-state index in [0.29, 0.717) is 0 Å². The Bertz CT molecular complexity index is 506. The minimum Gasteiger partial charge on any atom is -0.316 e. The van der Waals surface area contributed by atoms with E-state index in [-0.39, 0.29) is 0 Å². The summed E-state index contributed by atoms with van der Waals surface area (Å²) in [5.41, 5.74) is 4.32. The molecule has 0 radical (unpaired) electrons. The summed E-state index contributed by atoms with van der Waals surface area (Å²) in [7, 11) is 1.91. The molecule has 0 bridgehead atoms. The molecule has 88 valence electrons. The fourth-order valence-electron chi connectivity index (χ4n) is 1.70. The first-order chi connectivity index (χ1) is 8.20. The maximum absolute atomic E-state index is 6.23. The van der Waals surface area contributed by atoms with Crippen molar-refractivity contribution in [3.05, 3.63) is 52.8 Å². The van der Waals surface area contributed by atoms with Crippen molar-refractivity contribution in [2.75, 3.05) is 7.05 Å². The molecule has 0 aliphatic heterocycles. The largest absolute Gasteiger partial charge is 0.316 e. The van der Waals surface area contributed by atoms with Gasteiger partial charge in [-0.1, -0.05) is 29.8 Å². The molecule has 0 saturated heterocycles. The molecule has 0 fully saturated rings. The van der Waals surface area contributed by atoms with Crippen molar-refractivity contribution in [3.8, 4) is 11.1 Å². The fourth-order valence-corrected chi connectivity index (χ4v) is 1.95. The Morgan fingerprint density at radius 2 is 1.94 bits per heavy atom. The molecular formula is C14H15ClN2. The number of hydrogen-bond acceptors (Lipinski definition) is 2. The summed E-state index contributed by atoms with van der Waals surface area (Å²) in [5, 5.41) is 3.88. The van der Waals surface area contributed by atoms with Crippen LogP contribution in [-0.4, -0.2) is 12.0 Å². The highest BCUT2D eigenvalue weighted by atomic mass is 35.5. The van der Waals surface area contributed by atoms with Crippen LogP contribution in [0.3, 0.4) is 0 Å². The second kappa shape index (κ2) is 5.30. The summed E-state index contributed by atoms with van der Waals surface area (Å²) < 4.78 is 0. The lowest BCUT2D eigenvalue weighted by atomic mass is 10.1. The molecule has 1 aromatic carbocycles. The van der Waals surface area contributed by atoms with Gasteiger partial charge in [-0.05, 0) is 37.2 Å². The van der Waals surface area contributed by atoms with Crippen molar-refractivity contribution in [3.63, 3.8) is 0 Å². The lowest BCUT2D eigenvalue weighted by Gasteiger charge is -2.07. The van der Waals surface area contributed by atoms with Gasteiger partial charge < -0.3 is 5.32 Å². The highest BCUT2D eigenvalue weighted by Gasteiger charge is 2.03. The van der Waals surface area contributed by atoms with E-state index < -0.39 is 0 Å². The van der Waals surface area contributed by atoms with Crippen molar-refractivity contribution in [1.29, 1.82) is 0 Å². The van der Waals surface area contributed by atoms with Crippen LogP contribution in [-0.2, 0) is 6.54 Å². The number of halogens is 1. The second-order valence-electron chi connectivity index (χ2n) is 4.02. The van der Waals surface area contributed by atoms with Crippen LogP contribution < -0.4 is 5.32 Å². The Kier molecular flexibility index (Phi) is 3.77. The average Bonchev–Trinajstić information content (AvgIpc) is 2.33. The van der Waals surface area contributed by atoms with Gasteiger partial charge in [0.05, 0.1) is 0 Å². The van der Waals surface area contributed by atoms with E-state index >= 15 is 0 Å². The maximum atomic E-state index is 6.23. The molecule has 2 aromatic rings. The molecule has 0 aliphatic carbocycles. The van der Waals surface area contributed by atoms with Gasteiger partial charge in [-0.15, -0.1) is 0 Å². The molecule has 0 aliphatic rings. The number of aromatic nitrogens is 1. The Hall–Kier alpha value is -1.38. The number of nitrogens with one attached hydrogen (secondary N) is 1. The van der Waals surface area contributed by atoms with E-state index in [9.17, 15) is 0 Å². The molecule has 2 rings (SSSR count). The van der Waals surface area contributed by atoms with E-state index in [4.69, 9.17) is 11.6 Å². The standard InChI is InChI=1S/C14H15ClN2/c1-10-3-4-12(9-17-10)11-5-6-13(8-16-2)14(15)7-11/h3-7,9,16H,8H2,1-2H3. The average molecular weight is 247 g/mol. The molecule has 3 heteroatoms. The van der Waals surface area contributed by atoms with Gasteiger partial charge in [-0.2, -0.15) is 0 Å². The molecule has 0 atom stereocenters. The zero-order chi connectivity index (χ0) is 12.3. The summed E-state index contributed by atoms with van der Waals surface area (Å²) in [6.45, 7) is 2.76. The molecule has 0 saturated carbocycles. The van der Waals surface area contributed by atoms with Crippen molar-refractivity contribution >= 4 is 11.6 Å². The molecule has 1 heterocycles. The number of nitrogens with zero attached hydrogens (tertiary/aromatic N) is 1. The molecule has 0 unspecified atom stereocenters. The van der Waals surface area contributed by atoms with E-state index in [0.717, 1.165) is 34.0 Å². The Balaban J connectivity index is 2.34. The van der Waals surface area contributed by atoms with Gasteiger partial charge in [0, 0.05) is 29.0 Å². The molecule has 0 amide bonds. The second-order valence-corrected chi connectivity index (χ2v) is 4.43. The van der Waals surface area contributed by atoms with Crippen LogP contribution in [0.5, 0.6) is 0 Å². The van der Waals surface area contributed by atoms with E-state index in [1.165, 1.54) is 0 Å². The summed E-state index contributed by atoms with van der Waals surface area (Å²) in [5.74, 6) is 0. The highest BCUT2D eigenvalue weighted by Crippen LogP contribution is 2.25. The third-order valence-electron chi connectivity index (χ3n) is 2.66. The quantitative estimate of drug-likeness (QED) is 0.898. The first kappa shape index (κ1) is 12.1. The normalized spacial score (nSPS) is 10.5. The van der Waals surface area contributed by atoms with Gasteiger partial charge >= 0.3 is 0 Å². The third-order valence-corrected chi connectivity index (χ3v) is 3.02. The minimum absolute atomic E-state index is 0.783. The summed E-state index contributed by atoms with van der Waals surface area (Å²) >= 11 is 6.23. The topological polar surface area (TPSA) is 24.9 Å². The number of aryl methyl sites for hydroxylation is 1. The van der Waals surface area contributed by atoms with E-state index in [1.54, 1.807) is 0 Å². The van der Waals surface area contributed by atoms with Crippen molar-refractivity contribution in [2.45, 2.75) is 13.5 Å². The Morgan fingerprint density at radius 3 is 2.53 bits per heavy atom. The molecule has 0 spiro atoms. The number of benzene rings is 1. The smallest absolute Gasteiger partial charge is 0.0457 e. The lowest BCUT2D eigenvalue weighted by Crippen LogP contribution is -2.05. The van der Waals surface area contributed by atoms with Crippen molar-refractivity contribution in [1.82, 2.24) is 10.3 Å². The Labute approximate surface area is 107 Å². The lowest BCUT2D eigenvalue weighted by molar-refractivity contribution is 0.818. The van der Waals surface area contributed by atoms with Gasteiger partial charge in [0.1, 0.15) is 0 Å². The van der Waals surface area contributed by atoms with Crippen LogP contribution >= 0.6 is 11.6 Å². The zero-order valence-electron chi connectivity index (χ0n) is 10.00. The van der Waals surface area contributed by atoms with Crippen LogP contribution in [0.25, 0.3) is 11.1 Å². The monoisotopic (exact) mass is 246 g/mol. The predicted octanol–water partition coefficient (Wildman–Crippen LogP) is 3.43. The first-order valence-electron chi connectivity index (χ1n) is 5.57. The zero-order valence-corrected chi connectivity index (χ0v) is 10.8. The van der Waals surface area contributed by atoms with Gasteiger partial charge in [0.2, 0.25) is 0 Å². The minimum atomic E-state index is 0.783. The highest BCUT2D eigenvalue weighted by molar-refractivity contribution is 6.31. The van der Waals surface area contributed by atoms with E-state index in [1.807, 2.05) is 38.4 Å². The summed E-state index contributed by atoms with van der Waals surface area (Å²) in [4.78, 5) is 4.29. The van der Waals surface area contributed by atoms with Crippen molar-refractivity contribution in [2.24, 2.45) is 0 Å². The number of pyridine rings is 1. The number of hydrogen-bond donors (Lipinski definition) is 1. The SMILES string of the molecule is CNCc1ccc(-c2ccc(C)nc2)cc1Cl. The van der Waals surface area contributed by atoms with Crippen LogP contribution in [0.1, 0.15) is 11.3 Å². The maximum Gasteiger partial charge on any atom is 0.0457 e. The van der Waals surface area contributed by atoms with Gasteiger partial charge in [0.15, 0.2) is 0 Å².